The number of aryl methyl sites for hydroxylation is 1. The molecule has 0 fully saturated rings. The Balaban J connectivity index is 2.26. The van der Waals surface area contributed by atoms with E-state index in [1.165, 1.54) is 0 Å². The van der Waals surface area contributed by atoms with Crippen molar-refractivity contribution in [2.24, 2.45) is 5.92 Å². The highest BCUT2D eigenvalue weighted by atomic mass is 16.5. The van der Waals surface area contributed by atoms with Crippen LogP contribution < -0.4 is 0 Å². The third kappa shape index (κ3) is 2.13. The van der Waals surface area contributed by atoms with E-state index in [4.69, 9.17) is 14.0 Å². The molecule has 2 heterocycles. The van der Waals surface area contributed by atoms with Gasteiger partial charge in [0.15, 0.2) is 5.76 Å². The van der Waals surface area contributed by atoms with E-state index in [9.17, 15) is 4.79 Å². The molecule has 18 heavy (non-hydrogen) atoms. The summed E-state index contributed by atoms with van der Waals surface area (Å²) in [7, 11) is 0. The molecule has 0 saturated heterocycles. The van der Waals surface area contributed by atoms with Crippen LogP contribution in [0.3, 0.4) is 0 Å². The van der Waals surface area contributed by atoms with Crippen LogP contribution in [0.5, 0.6) is 0 Å². The van der Waals surface area contributed by atoms with Gasteiger partial charge in [-0.3, -0.25) is 4.79 Å². The maximum Gasteiger partial charge on any atom is 0.307 e. The summed E-state index contributed by atoms with van der Waals surface area (Å²) in [5.41, 5.74) is 0.904. The SMILES string of the molecule is Cc1ccoc1-c1noc(C(C)C(C)C(=O)O)n1. The summed E-state index contributed by atoms with van der Waals surface area (Å²) < 4.78 is 10.3. The summed E-state index contributed by atoms with van der Waals surface area (Å²) >= 11 is 0. The molecule has 2 aromatic heterocycles. The molecule has 6 heteroatoms. The van der Waals surface area contributed by atoms with E-state index in [1.54, 1.807) is 26.2 Å². The second kappa shape index (κ2) is 4.64. The first-order chi connectivity index (χ1) is 8.50. The molecule has 0 aliphatic heterocycles. The lowest BCUT2D eigenvalue weighted by Crippen LogP contribution is -2.16. The summed E-state index contributed by atoms with van der Waals surface area (Å²) in [5, 5.41) is 12.7. The summed E-state index contributed by atoms with van der Waals surface area (Å²) in [5.74, 6) is -0.640. The van der Waals surface area contributed by atoms with E-state index in [-0.39, 0.29) is 5.92 Å². The highest BCUT2D eigenvalue weighted by Crippen LogP contribution is 2.26. The van der Waals surface area contributed by atoms with Gasteiger partial charge in [-0.25, -0.2) is 0 Å². The van der Waals surface area contributed by atoms with Crippen LogP contribution in [0, 0.1) is 12.8 Å². The number of carboxylic acids is 1. The number of nitrogens with zero attached hydrogens (tertiary/aromatic N) is 2. The first-order valence-corrected chi connectivity index (χ1v) is 5.61. The van der Waals surface area contributed by atoms with Crippen molar-refractivity contribution in [3.8, 4) is 11.6 Å². The van der Waals surface area contributed by atoms with E-state index < -0.39 is 11.9 Å². The van der Waals surface area contributed by atoms with Gasteiger partial charge in [0.2, 0.25) is 11.7 Å². The van der Waals surface area contributed by atoms with Gasteiger partial charge in [-0.05, 0) is 18.6 Å². The molecule has 0 bridgehead atoms. The molecule has 1 N–H and O–H groups in total. The minimum Gasteiger partial charge on any atom is -0.481 e. The zero-order valence-corrected chi connectivity index (χ0v) is 10.4. The molecule has 0 radical (unpaired) electrons. The molecule has 2 aromatic rings. The Morgan fingerprint density at radius 1 is 1.44 bits per heavy atom. The van der Waals surface area contributed by atoms with Crippen molar-refractivity contribution < 1.29 is 18.8 Å². The van der Waals surface area contributed by atoms with Gasteiger partial charge in [0, 0.05) is 5.92 Å². The van der Waals surface area contributed by atoms with Gasteiger partial charge >= 0.3 is 5.97 Å². The number of rotatable bonds is 4. The Labute approximate surface area is 104 Å². The summed E-state index contributed by atoms with van der Waals surface area (Å²) in [6, 6.07) is 1.80. The molecule has 0 aliphatic carbocycles. The lowest BCUT2D eigenvalue weighted by molar-refractivity contribution is -0.141. The highest BCUT2D eigenvalue weighted by molar-refractivity contribution is 5.70. The summed E-state index contributed by atoms with van der Waals surface area (Å²) in [6.45, 7) is 5.22. The summed E-state index contributed by atoms with van der Waals surface area (Å²) in [6.07, 6.45) is 1.55. The molecule has 0 amide bonds. The van der Waals surface area contributed by atoms with Crippen LogP contribution in [-0.4, -0.2) is 21.2 Å². The first-order valence-electron chi connectivity index (χ1n) is 5.61. The number of furan rings is 1. The Bertz CT molecular complexity index is 558. The van der Waals surface area contributed by atoms with Crippen molar-refractivity contribution in [2.75, 3.05) is 0 Å². The van der Waals surface area contributed by atoms with Gasteiger partial charge in [-0.2, -0.15) is 4.98 Å². The second-order valence-corrected chi connectivity index (χ2v) is 4.30. The zero-order chi connectivity index (χ0) is 13.3. The second-order valence-electron chi connectivity index (χ2n) is 4.30. The molecule has 2 unspecified atom stereocenters. The smallest absolute Gasteiger partial charge is 0.307 e. The molecule has 0 aromatic carbocycles. The minimum absolute atomic E-state index is 0.302. The van der Waals surface area contributed by atoms with Crippen LogP contribution in [0.4, 0.5) is 0 Å². The Morgan fingerprint density at radius 3 is 2.72 bits per heavy atom. The molecular formula is C12H14N2O4. The largest absolute Gasteiger partial charge is 0.481 e. The molecule has 2 atom stereocenters. The number of aliphatic carboxylic acids is 1. The van der Waals surface area contributed by atoms with Crippen LogP contribution in [-0.2, 0) is 4.79 Å². The lowest BCUT2D eigenvalue weighted by atomic mass is 9.96. The van der Waals surface area contributed by atoms with Gasteiger partial charge in [-0.1, -0.05) is 19.0 Å². The van der Waals surface area contributed by atoms with Gasteiger partial charge < -0.3 is 14.0 Å². The van der Waals surface area contributed by atoms with Crippen molar-refractivity contribution >= 4 is 5.97 Å². The Hall–Kier alpha value is -2.11. The van der Waals surface area contributed by atoms with Gasteiger partial charge in [0.1, 0.15) is 0 Å². The number of aromatic nitrogens is 2. The highest BCUT2D eigenvalue weighted by Gasteiger charge is 2.26. The standard InChI is InChI=1S/C12H14N2O4/c1-6-4-5-17-9(6)10-13-11(18-14-10)7(2)8(3)12(15)16/h4-5,7-8H,1-3H3,(H,15,16). The maximum atomic E-state index is 10.9. The van der Waals surface area contributed by atoms with E-state index in [1.807, 2.05) is 6.92 Å². The Kier molecular flexibility index (Phi) is 3.18. The fourth-order valence-corrected chi connectivity index (χ4v) is 1.54. The van der Waals surface area contributed by atoms with Crippen molar-refractivity contribution in [2.45, 2.75) is 26.7 Å². The molecular weight excluding hydrogens is 236 g/mol. The average molecular weight is 250 g/mol. The predicted octanol–water partition coefficient (Wildman–Crippen LogP) is 2.46. The van der Waals surface area contributed by atoms with E-state index >= 15 is 0 Å². The van der Waals surface area contributed by atoms with Crippen molar-refractivity contribution in [3.63, 3.8) is 0 Å². The third-order valence-electron chi connectivity index (χ3n) is 3.04. The molecule has 0 saturated carbocycles. The van der Waals surface area contributed by atoms with Crippen molar-refractivity contribution in [3.05, 3.63) is 23.8 Å². The zero-order valence-electron chi connectivity index (χ0n) is 10.4. The van der Waals surface area contributed by atoms with Gasteiger partial charge in [-0.15, -0.1) is 0 Å². The quantitative estimate of drug-likeness (QED) is 0.896. The van der Waals surface area contributed by atoms with Crippen LogP contribution in [0.15, 0.2) is 21.3 Å². The fourth-order valence-electron chi connectivity index (χ4n) is 1.54. The Morgan fingerprint density at radius 2 is 2.17 bits per heavy atom. The van der Waals surface area contributed by atoms with E-state index in [0.29, 0.717) is 17.5 Å². The molecule has 6 nitrogen and oxygen atoms in total. The minimum atomic E-state index is -0.892. The van der Waals surface area contributed by atoms with E-state index in [0.717, 1.165) is 5.56 Å². The maximum absolute atomic E-state index is 10.9. The number of carbonyl (C=O) groups is 1. The molecule has 0 aliphatic rings. The monoisotopic (exact) mass is 250 g/mol. The number of hydrogen-bond acceptors (Lipinski definition) is 5. The normalized spacial score (nSPS) is 14.4. The number of hydrogen-bond donors (Lipinski definition) is 1. The van der Waals surface area contributed by atoms with Gasteiger partial charge in [0.25, 0.3) is 0 Å². The predicted molar refractivity (Wildman–Crippen MR) is 62.0 cm³/mol. The van der Waals surface area contributed by atoms with Crippen molar-refractivity contribution in [1.82, 2.24) is 10.1 Å². The van der Waals surface area contributed by atoms with Crippen LogP contribution in [0.2, 0.25) is 0 Å². The third-order valence-corrected chi connectivity index (χ3v) is 3.04. The average Bonchev–Trinajstić information content (AvgIpc) is 2.95. The topological polar surface area (TPSA) is 89.4 Å². The van der Waals surface area contributed by atoms with Crippen molar-refractivity contribution in [1.29, 1.82) is 0 Å². The van der Waals surface area contributed by atoms with Crippen LogP contribution in [0.25, 0.3) is 11.6 Å². The first kappa shape index (κ1) is 12.3. The van der Waals surface area contributed by atoms with Gasteiger partial charge in [0.05, 0.1) is 12.2 Å². The molecule has 96 valence electrons. The molecule has 0 spiro atoms. The van der Waals surface area contributed by atoms with Crippen LogP contribution >= 0.6 is 0 Å². The lowest BCUT2D eigenvalue weighted by Gasteiger charge is -2.10. The molecule has 2 rings (SSSR count). The van der Waals surface area contributed by atoms with Crippen LogP contribution in [0.1, 0.15) is 31.2 Å². The number of carboxylic acid groups (broad SMARTS) is 1. The van der Waals surface area contributed by atoms with E-state index in [2.05, 4.69) is 10.1 Å². The summed E-state index contributed by atoms with van der Waals surface area (Å²) in [4.78, 5) is 15.1. The fraction of sp³-hybridized carbons (Fsp3) is 0.417.